The lowest BCUT2D eigenvalue weighted by molar-refractivity contribution is -0.198. The van der Waals surface area contributed by atoms with Crippen LogP contribution in [0.25, 0.3) is 27.6 Å². The van der Waals surface area contributed by atoms with Crippen molar-refractivity contribution in [3.8, 4) is 5.69 Å². The molecule has 2 aromatic heterocycles. The molecule has 2 heterocycles. The maximum Gasteiger partial charge on any atom is 0.263 e. The number of fused-ring (bicyclic) bond motifs is 3. The highest BCUT2D eigenvalue weighted by atomic mass is 16.6. The molecule has 0 saturated heterocycles. The van der Waals surface area contributed by atoms with E-state index in [1.54, 1.807) is 0 Å². The van der Waals surface area contributed by atoms with Gasteiger partial charge >= 0.3 is 0 Å². The van der Waals surface area contributed by atoms with Crippen LogP contribution in [0, 0.1) is 0 Å². The standard InChI is InChI=1S/C22H23N3.CH4O3/c1-4-15-12-13-19-20(17(15)5-2)22-21(18(6-3)24-19)23-14-25(22)16-10-8-7-9-11-16;2-1(3)4/h7-14H,4-6H2,1-3H3;1-4H. The normalized spacial score (nSPS) is 11.1. The SMILES string of the molecule is CCc1ccc2nc(CC)c3ncn(-c4ccccc4)c3c2c1CC.OC(O)O. The van der Waals surface area contributed by atoms with Gasteiger partial charge in [0.2, 0.25) is 0 Å². The molecular weight excluding hydrogens is 366 g/mol. The summed E-state index contributed by atoms with van der Waals surface area (Å²) in [6.07, 6.45) is 4.87. The number of aliphatic hydroxyl groups is 3. The molecule has 0 amide bonds. The van der Waals surface area contributed by atoms with E-state index in [0.717, 1.165) is 41.7 Å². The van der Waals surface area contributed by atoms with Gasteiger partial charge in [-0.15, -0.1) is 0 Å². The first kappa shape index (κ1) is 20.9. The molecule has 0 spiro atoms. The Balaban J connectivity index is 0.000000552. The van der Waals surface area contributed by atoms with Gasteiger partial charge in [-0.1, -0.05) is 45.0 Å². The minimum Gasteiger partial charge on any atom is -0.346 e. The smallest absolute Gasteiger partial charge is 0.263 e. The third-order valence-corrected chi connectivity index (χ3v) is 5.02. The van der Waals surface area contributed by atoms with Crippen molar-refractivity contribution in [2.75, 3.05) is 0 Å². The Bertz CT molecular complexity index is 1100. The van der Waals surface area contributed by atoms with Gasteiger partial charge in [0.15, 0.2) is 0 Å². The molecule has 6 heteroatoms. The van der Waals surface area contributed by atoms with Crippen molar-refractivity contribution in [2.45, 2.75) is 46.5 Å². The molecule has 0 aliphatic carbocycles. The molecule has 0 atom stereocenters. The van der Waals surface area contributed by atoms with Crippen molar-refractivity contribution in [3.63, 3.8) is 0 Å². The Morgan fingerprint density at radius 1 is 0.897 bits per heavy atom. The van der Waals surface area contributed by atoms with Gasteiger partial charge in [-0.3, -0.25) is 9.55 Å². The Labute approximate surface area is 170 Å². The summed E-state index contributed by atoms with van der Waals surface area (Å²) >= 11 is 0. The predicted octanol–water partition coefficient (Wildman–Crippen LogP) is 3.51. The van der Waals surface area contributed by atoms with Gasteiger partial charge in [0.05, 0.1) is 16.7 Å². The Morgan fingerprint density at radius 2 is 1.59 bits per heavy atom. The average molecular weight is 393 g/mol. The van der Waals surface area contributed by atoms with Gasteiger partial charge in [0, 0.05) is 11.1 Å². The number of rotatable bonds is 4. The van der Waals surface area contributed by atoms with Crippen LogP contribution >= 0.6 is 0 Å². The van der Waals surface area contributed by atoms with Crippen LogP contribution in [0.2, 0.25) is 0 Å². The maximum absolute atomic E-state index is 7.17. The molecule has 4 aromatic rings. The number of nitrogens with zero attached hydrogens (tertiary/aromatic N) is 3. The molecular formula is C23H27N3O3. The number of aliphatic hydroxyl groups excluding tert-OH is 1. The fraction of sp³-hybridized carbons (Fsp3) is 0.304. The number of aryl methyl sites for hydroxylation is 3. The summed E-state index contributed by atoms with van der Waals surface area (Å²) < 4.78 is 2.22. The van der Waals surface area contributed by atoms with Crippen LogP contribution < -0.4 is 0 Å². The maximum atomic E-state index is 7.17. The largest absolute Gasteiger partial charge is 0.346 e. The van der Waals surface area contributed by atoms with Crippen molar-refractivity contribution in [2.24, 2.45) is 0 Å². The quantitative estimate of drug-likeness (QED) is 0.462. The average Bonchev–Trinajstić information content (AvgIpc) is 3.17. The molecule has 0 unspecified atom stereocenters. The van der Waals surface area contributed by atoms with Crippen molar-refractivity contribution < 1.29 is 15.3 Å². The molecule has 0 aliphatic rings. The van der Waals surface area contributed by atoms with Gasteiger partial charge in [-0.25, -0.2) is 4.98 Å². The third kappa shape index (κ3) is 4.15. The number of hydrogen-bond donors (Lipinski definition) is 3. The number of benzene rings is 2. The van der Waals surface area contributed by atoms with Crippen LogP contribution in [0.15, 0.2) is 48.8 Å². The molecule has 152 valence electrons. The Hall–Kier alpha value is -2.80. The van der Waals surface area contributed by atoms with Gasteiger partial charge in [0.25, 0.3) is 6.48 Å². The topological polar surface area (TPSA) is 91.4 Å². The first-order valence-electron chi connectivity index (χ1n) is 9.91. The number of pyridine rings is 1. The molecule has 0 saturated carbocycles. The molecule has 29 heavy (non-hydrogen) atoms. The van der Waals surface area contributed by atoms with Crippen LogP contribution in [-0.4, -0.2) is 36.3 Å². The molecule has 0 aliphatic heterocycles. The summed E-state index contributed by atoms with van der Waals surface area (Å²) in [5.41, 5.74) is 8.33. The summed E-state index contributed by atoms with van der Waals surface area (Å²) in [6.45, 7) is 4.44. The summed E-state index contributed by atoms with van der Waals surface area (Å²) in [5, 5.41) is 22.8. The zero-order valence-electron chi connectivity index (χ0n) is 17.0. The molecule has 0 fully saturated rings. The van der Waals surface area contributed by atoms with Crippen LogP contribution in [0.5, 0.6) is 0 Å². The molecule has 4 rings (SSSR count). The van der Waals surface area contributed by atoms with Crippen LogP contribution in [-0.2, 0) is 19.3 Å². The summed E-state index contributed by atoms with van der Waals surface area (Å²) in [5.74, 6) is 0. The summed E-state index contributed by atoms with van der Waals surface area (Å²) in [4.78, 5) is 9.68. The lowest BCUT2D eigenvalue weighted by atomic mass is 9.96. The van der Waals surface area contributed by atoms with Crippen molar-refractivity contribution in [1.29, 1.82) is 0 Å². The second-order valence-electron chi connectivity index (χ2n) is 6.71. The minimum atomic E-state index is -2.17. The Kier molecular flexibility index (Phi) is 6.59. The highest BCUT2D eigenvalue weighted by Gasteiger charge is 2.17. The first-order valence-corrected chi connectivity index (χ1v) is 9.91. The van der Waals surface area contributed by atoms with Gasteiger partial charge < -0.3 is 15.3 Å². The fourth-order valence-corrected chi connectivity index (χ4v) is 3.80. The van der Waals surface area contributed by atoms with E-state index in [1.807, 2.05) is 12.4 Å². The van der Waals surface area contributed by atoms with E-state index in [2.05, 4.69) is 61.7 Å². The Morgan fingerprint density at radius 3 is 2.17 bits per heavy atom. The zero-order valence-corrected chi connectivity index (χ0v) is 17.0. The van der Waals surface area contributed by atoms with E-state index in [4.69, 9.17) is 25.3 Å². The van der Waals surface area contributed by atoms with E-state index < -0.39 is 6.48 Å². The molecule has 0 bridgehead atoms. The first-order chi connectivity index (χ1) is 14.0. The molecule has 2 aromatic carbocycles. The van der Waals surface area contributed by atoms with Crippen LogP contribution in [0.3, 0.4) is 0 Å². The second kappa shape index (κ2) is 9.13. The molecule has 6 nitrogen and oxygen atoms in total. The highest BCUT2D eigenvalue weighted by Crippen LogP contribution is 2.32. The number of para-hydroxylation sites is 1. The molecule has 3 N–H and O–H groups in total. The fourth-order valence-electron chi connectivity index (χ4n) is 3.80. The van der Waals surface area contributed by atoms with E-state index in [1.165, 1.54) is 22.0 Å². The van der Waals surface area contributed by atoms with Gasteiger partial charge in [0.1, 0.15) is 11.8 Å². The van der Waals surface area contributed by atoms with Crippen LogP contribution in [0.4, 0.5) is 0 Å². The monoisotopic (exact) mass is 393 g/mol. The number of imidazole rings is 1. The third-order valence-electron chi connectivity index (χ3n) is 5.02. The number of aromatic nitrogens is 3. The minimum absolute atomic E-state index is 0.884. The van der Waals surface area contributed by atoms with Crippen molar-refractivity contribution in [3.05, 3.63) is 65.6 Å². The lowest BCUT2D eigenvalue weighted by Gasteiger charge is -2.14. The van der Waals surface area contributed by atoms with Crippen LogP contribution in [0.1, 0.15) is 37.6 Å². The van der Waals surface area contributed by atoms with E-state index in [-0.39, 0.29) is 0 Å². The lowest BCUT2D eigenvalue weighted by Crippen LogP contribution is -2.01. The van der Waals surface area contributed by atoms with E-state index >= 15 is 0 Å². The highest BCUT2D eigenvalue weighted by molar-refractivity contribution is 6.06. The molecule has 0 radical (unpaired) electrons. The van der Waals surface area contributed by atoms with E-state index in [9.17, 15) is 0 Å². The summed E-state index contributed by atoms with van der Waals surface area (Å²) in [7, 11) is 0. The van der Waals surface area contributed by atoms with Gasteiger partial charge in [-0.05, 0) is 48.6 Å². The van der Waals surface area contributed by atoms with Crippen molar-refractivity contribution >= 4 is 21.9 Å². The number of hydrogen-bond acceptors (Lipinski definition) is 5. The summed E-state index contributed by atoms with van der Waals surface area (Å²) in [6, 6.07) is 14.9. The predicted molar refractivity (Wildman–Crippen MR) is 115 cm³/mol. The van der Waals surface area contributed by atoms with E-state index in [0.29, 0.717) is 0 Å². The van der Waals surface area contributed by atoms with Gasteiger partial charge in [-0.2, -0.15) is 0 Å². The second-order valence-corrected chi connectivity index (χ2v) is 6.71. The van der Waals surface area contributed by atoms with Crippen molar-refractivity contribution in [1.82, 2.24) is 14.5 Å². The zero-order chi connectivity index (χ0) is 21.0.